The van der Waals surface area contributed by atoms with Crippen LogP contribution >= 0.6 is 8.15 Å². The van der Waals surface area contributed by atoms with Crippen molar-refractivity contribution in [3.8, 4) is 5.75 Å². The molecule has 0 saturated carbocycles. The number of nitrogens with zero attached hydrogens (tertiary/aromatic N) is 2. The largest absolute Gasteiger partial charge is 0.464 e. The van der Waals surface area contributed by atoms with Gasteiger partial charge < -0.3 is 4.52 Å². The quantitative estimate of drug-likeness (QED) is 0.402. The number of benzene rings is 3. The van der Waals surface area contributed by atoms with Crippen LogP contribution in [0.15, 0.2) is 103 Å². The molecule has 3 nitrogen and oxygen atoms in total. The molecule has 4 heteroatoms. The van der Waals surface area contributed by atoms with Gasteiger partial charge in [-0.2, -0.15) is 0 Å². The van der Waals surface area contributed by atoms with E-state index in [1.54, 1.807) is 0 Å². The summed E-state index contributed by atoms with van der Waals surface area (Å²) >= 11 is 0. The summed E-state index contributed by atoms with van der Waals surface area (Å²) < 4.78 is 6.59. The first kappa shape index (κ1) is 16.9. The molecule has 0 aliphatic heterocycles. The Labute approximate surface area is 164 Å². The second-order valence-electron chi connectivity index (χ2n) is 6.40. The van der Waals surface area contributed by atoms with E-state index >= 15 is 0 Å². The maximum absolute atomic E-state index is 6.59. The summed E-state index contributed by atoms with van der Waals surface area (Å²) in [5, 5.41) is 4.40. The number of hydrogen-bond donors (Lipinski definition) is 0. The summed E-state index contributed by atoms with van der Waals surface area (Å²) in [7, 11) is -1.15. The molecule has 2 aromatic heterocycles. The molecule has 0 radical (unpaired) electrons. The number of pyridine rings is 2. The second kappa shape index (κ2) is 7.38. The Morgan fingerprint density at radius 2 is 1.07 bits per heavy atom. The summed E-state index contributed by atoms with van der Waals surface area (Å²) in [6.07, 6.45) is 3.67. The van der Waals surface area contributed by atoms with Crippen LogP contribution in [0.25, 0.3) is 21.8 Å². The zero-order valence-electron chi connectivity index (χ0n) is 15.1. The lowest BCUT2D eigenvalue weighted by molar-refractivity contribution is 0.630. The van der Waals surface area contributed by atoms with Crippen LogP contribution in [0.4, 0.5) is 0 Å². The molecule has 2 heterocycles. The number of aromatic nitrogens is 2. The minimum atomic E-state index is -1.15. The van der Waals surface area contributed by atoms with Crippen LogP contribution in [0.2, 0.25) is 0 Å². The number of fused-ring (bicyclic) bond motifs is 2. The zero-order chi connectivity index (χ0) is 18.8. The smallest absolute Gasteiger partial charge is 0.155 e. The van der Waals surface area contributed by atoms with Crippen LogP contribution in [0.3, 0.4) is 0 Å². The molecule has 0 fully saturated rings. The lowest BCUT2D eigenvalue weighted by atomic mass is 10.2. The molecular weight excluding hydrogens is 363 g/mol. The fourth-order valence-corrected chi connectivity index (χ4v) is 5.31. The third-order valence-electron chi connectivity index (χ3n) is 4.60. The standard InChI is InChI=1S/C24H17N2OP/c1-2-12-20(13-3-1)27-28(21-14-4-8-18-10-6-16-25-23(18)21)22-15-5-9-19-11-7-17-26-24(19)22/h1-17H. The Morgan fingerprint density at radius 1 is 0.536 bits per heavy atom. The van der Waals surface area contributed by atoms with Crippen LogP contribution in [0.5, 0.6) is 5.75 Å². The molecule has 5 rings (SSSR count). The highest BCUT2D eigenvalue weighted by Crippen LogP contribution is 2.40. The van der Waals surface area contributed by atoms with Crippen molar-refractivity contribution in [1.29, 1.82) is 0 Å². The fourth-order valence-electron chi connectivity index (χ4n) is 3.32. The Morgan fingerprint density at radius 3 is 1.64 bits per heavy atom. The zero-order valence-corrected chi connectivity index (χ0v) is 16.0. The van der Waals surface area contributed by atoms with Gasteiger partial charge >= 0.3 is 0 Å². The summed E-state index contributed by atoms with van der Waals surface area (Å²) in [5.41, 5.74) is 1.94. The first-order valence-electron chi connectivity index (χ1n) is 9.11. The molecule has 0 atom stereocenters. The van der Waals surface area contributed by atoms with E-state index in [1.165, 1.54) is 0 Å². The van der Waals surface area contributed by atoms with Crippen molar-refractivity contribution in [2.45, 2.75) is 0 Å². The molecule has 28 heavy (non-hydrogen) atoms. The fraction of sp³-hybridized carbons (Fsp3) is 0. The van der Waals surface area contributed by atoms with E-state index in [1.807, 2.05) is 54.9 Å². The van der Waals surface area contributed by atoms with Crippen molar-refractivity contribution < 1.29 is 4.52 Å². The lowest BCUT2D eigenvalue weighted by Gasteiger charge is -2.21. The van der Waals surface area contributed by atoms with Crippen molar-refractivity contribution in [3.05, 3.63) is 103 Å². The lowest BCUT2D eigenvalue weighted by Crippen LogP contribution is -2.18. The molecule has 0 aliphatic rings. The summed E-state index contributed by atoms with van der Waals surface area (Å²) in [5.74, 6) is 0.842. The molecule has 5 aromatic rings. The van der Waals surface area contributed by atoms with Gasteiger partial charge in [0, 0.05) is 33.8 Å². The monoisotopic (exact) mass is 380 g/mol. The van der Waals surface area contributed by atoms with Gasteiger partial charge in [0.2, 0.25) is 0 Å². The molecule has 0 bridgehead atoms. The predicted molar refractivity (Wildman–Crippen MR) is 117 cm³/mol. The predicted octanol–water partition coefficient (Wildman–Crippen LogP) is 5.21. The highest BCUT2D eigenvalue weighted by atomic mass is 31.1. The molecule has 3 aromatic carbocycles. The van der Waals surface area contributed by atoms with E-state index in [0.717, 1.165) is 38.2 Å². The third kappa shape index (κ3) is 3.11. The first-order valence-corrected chi connectivity index (χ1v) is 10.4. The normalized spacial score (nSPS) is 11.2. The van der Waals surface area contributed by atoms with Crippen LogP contribution in [-0.4, -0.2) is 9.97 Å². The SMILES string of the molecule is c1ccc(OP(c2cccc3cccnc23)c2cccc3cccnc23)cc1. The first-order chi connectivity index (χ1) is 13.9. The van der Waals surface area contributed by atoms with Gasteiger partial charge in [-0.25, -0.2) is 0 Å². The van der Waals surface area contributed by atoms with Crippen molar-refractivity contribution in [3.63, 3.8) is 0 Å². The molecule has 0 spiro atoms. The van der Waals surface area contributed by atoms with E-state index in [-0.39, 0.29) is 0 Å². The van der Waals surface area contributed by atoms with Gasteiger partial charge in [0.15, 0.2) is 8.15 Å². The topological polar surface area (TPSA) is 35.0 Å². The summed E-state index contributed by atoms with van der Waals surface area (Å²) in [6, 6.07) is 30.6. The average Bonchev–Trinajstić information content (AvgIpc) is 2.78. The molecular formula is C24H17N2OP. The molecule has 0 saturated heterocycles. The van der Waals surface area contributed by atoms with Crippen LogP contribution in [0.1, 0.15) is 0 Å². The number of hydrogen-bond acceptors (Lipinski definition) is 3. The van der Waals surface area contributed by atoms with Crippen molar-refractivity contribution in [2.24, 2.45) is 0 Å². The van der Waals surface area contributed by atoms with Crippen molar-refractivity contribution in [1.82, 2.24) is 9.97 Å². The number of rotatable bonds is 4. The van der Waals surface area contributed by atoms with Gasteiger partial charge in [0.05, 0.1) is 11.0 Å². The third-order valence-corrected chi connectivity index (χ3v) is 6.59. The summed E-state index contributed by atoms with van der Waals surface area (Å²) in [4.78, 5) is 9.33. The van der Waals surface area contributed by atoms with E-state index in [9.17, 15) is 0 Å². The Bertz CT molecular complexity index is 1170. The van der Waals surface area contributed by atoms with Crippen molar-refractivity contribution >= 4 is 40.6 Å². The highest BCUT2D eigenvalue weighted by Gasteiger charge is 2.23. The Balaban J connectivity index is 1.75. The van der Waals surface area contributed by atoms with Gasteiger partial charge in [0.1, 0.15) is 5.75 Å². The number of para-hydroxylation sites is 3. The minimum absolute atomic E-state index is 0.842. The second-order valence-corrected chi connectivity index (χ2v) is 8.14. The van der Waals surface area contributed by atoms with E-state index in [4.69, 9.17) is 4.52 Å². The maximum Gasteiger partial charge on any atom is 0.155 e. The van der Waals surface area contributed by atoms with Gasteiger partial charge in [0.25, 0.3) is 0 Å². The van der Waals surface area contributed by atoms with E-state index < -0.39 is 8.15 Å². The van der Waals surface area contributed by atoms with Gasteiger partial charge in [-0.3, -0.25) is 9.97 Å². The molecule has 0 aliphatic carbocycles. The average molecular weight is 380 g/mol. The molecule has 0 N–H and O–H groups in total. The van der Waals surface area contributed by atoms with Crippen molar-refractivity contribution in [2.75, 3.05) is 0 Å². The van der Waals surface area contributed by atoms with E-state index in [0.29, 0.717) is 0 Å². The maximum atomic E-state index is 6.59. The van der Waals surface area contributed by atoms with E-state index in [2.05, 4.69) is 58.5 Å². The van der Waals surface area contributed by atoms with Gasteiger partial charge in [-0.1, -0.05) is 54.6 Å². The van der Waals surface area contributed by atoms with Crippen LogP contribution in [0, 0.1) is 0 Å². The van der Waals surface area contributed by atoms with Crippen LogP contribution in [-0.2, 0) is 0 Å². The summed E-state index contributed by atoms with van der Waals surface area (Å²) in [6.45, 7) is 0. The Hall–Kier alpha value is -3.29. The molecule has 0 unspecified atom stereocenters. The minimum Gasteiger partial charge on any atom is -0.464 e. The molecule has 134 valence electrons. The van der Waals surface area contributed by atoms with Gasteiger partial charge in [-0.05, 0) is 36.4 Å². The Kier molecular flexibility index (Phi) is 4.44. The van der Waals surface area contributed by atoms with Crippen LogP contribution < -0.4 is 15.1 Å². The molecule has 0 amide bonds. The highest BCUT2D eigenvalue weighted by molar-refractivity contribution is 7.69. The van der Waals surface area contributed by atoms with Gasteiger partial charge in [-0.15, -0.1) is 0 Å².